The molecule has 0 unspecified atom stereocenters. The molecule has 1 aromatic heterocycles. The van der Waals surface area contributed by atoms with Gasteiger partial charge in [0.25, 0.3) is 5.91 Å². The second kappa shape index (κ2) is 8.08. The monoisotopic (exact) mass is 423 g/mol. The fourth-order valence-electron chi connectivity index (χ4n) is 3.72. The summed E-state index contributed by atoms with van der Waals surface area (Å²) in [7, 11) is -3.57. The van der Waals surface area contributed by atoms with Crippen LogP contribution in [0, 0.1) is 13.8 Å². The lowest BCUT2D eigenvalue weighted by atomic mass is 10.1. The van der Waals surface area contributed by atoms with E-state index in [1.54, 1.807) is 11.0 Å². The number of rotatable bonds is 4. The molecule has 3 aromatic rings. The minimum atomic E-state index is -3.57. The van der Waals surface area contributed by atoms with Crippen molar-refractivity contribution in [2.24, 2.45) is 0 Å². The van der Waals surface area contributed by atoms with Crippen LogP contribution >= 0.6 is 0 Å². The Morgan fingerprint density at radius 1 is 0.867 bits per heavy atom. The topological polar surface area (TPSA) is 62.6 Å². The van der Waals surface area contributed by atoms with Crippen molar-refractivity contribution in [3.63, 3.8) is 0 Å². The smallest absolute Gasteiger partial charge is 0.253 e. The summed E-state index contributed by atoms with van der Waals surface area (Å²) in [5.41, 5.74) is 3.25. The van der Waals surface area contributed by atoms with Crippen molar-refractivity contribution < 1.29 is 13.2 Å². The molecular weight excluding hydrogens is 398 g/mol. The number of sulfonamides is 1. The van der Waals surface area contributed by atoms with E-state index < -0.39 is 10.0 Å². The van der Waals surface area contributed by atoms with Gasteiger partial charge in [-0.05, 0) is 67.4 Å². The Hall–Kier alpha value is -2.90. The molecule has 6 nitrogen and oxygen atoms in total. The molecule has 0 saturated carbocycles. The van der Waals surface area contributed by atoms with Gasteiger partial charge < -0.3 is 9.47 Å². The highest BCUT2D eigenvalue weighted by atomic mass is 32.2. The fraction of sp³-hybridized carbons (Fsp3) is 0.261. The lowest BCUT2D eigenvalue weighted by Crippen LogP contribution is -2.50. The van der Waals surface area contributed by atoms with Gasteiger partial charge in [-0.1, -0.05) is 12.1 Å². The van der Waals surface area contributed by atoms with Crippen molar-refractivity contribution in [2.45, 2.75) is 18.7 Å². The molecule has 0 N–H and O–H groups in total. The highest BCUT2D eigenvalue weighted by Gasteiger charge is 2.31. The predicted octanol–water partition coefficient (Wildman–Crippen LogP) is 3.24. The van der Waals surface area contributed by atoms with Crippen molar-refractivity contribution in [3.05, 3.63) is 83.7 Å². The molecule has 30 heavy (non-hydrogen) atoms. The van der Waals surface area contributed by atoms with E-state index in [-0.39, 0.29) is 5.91 Å². The third kappa shape index (κ3) is 3.91. The van der Waals surface area contributed by atoms with Crippen LogP contribution in [0.3, 0.4) is 0 Å². The van der Waals surface area contributed by atoms with Gasteiger partial charge >= 0.3 is 0 Å². The van der Waals surface area contributed by atoms with Crippen molar-refractivity contribution >= 4 is 15.9 Å². The second-order valence-corrected chi connectivity index (χ2v) is 9.51. The van der Waals surface area contributed by atoms with Gasteiger partial charge in [-0.15, -0.1) is 0 Å². The number of carbonyl (C=O) groups is 1. The third-order valence-corrected chi connectivity index (χ3v) is 7.54. The molecule has 2 aromatic carbocycles. The molecule has 7 heteroatoms. The highest BCUT2D eigenvalue weighted by molar-refractivity contribution is 7.89. The first-order valence-electron chi connectivity index (χ1n) is 9.96. The third-order valence-electron chi connectivity index (χ3n) is 5.50. The van der Waals surface area contributed by atoms with Crippen molar-refractivity contribution in [1.82, 2.24) is 13.8 Å². The second-order valence-electron chi connectivity index (χ2n) is 7.60. The maximum atomic E-state index is 13.1. The van der Waals surface area contributed by atoms with Crippen LogP contribution in [0.2, 0.25) is 0 Å². The van der Waals surface area contributed by atoms with E-state index in [0.29, 0.717) is 36.6 Å². The summed E-state index contributed by atoms with van der Waals surface area (Å²) in [4.78, 5) is 14.9. The summed E-state index contributed by atoms with van der Waals surface area (Å²) >= 11 is 0. The Balaban J connectivity index is 1.44. The average Bonchev–Trinajstić information content (AvgIpc) is 3.30. The molecular formula is C23H25N3O3S. The minimum Gasteiger partial charge on any atom is -0.336 e. The number of carbonyl (C=O) groups excluding carboxylic acids is 1. The number of amides is 1. The van der Waals surface area contributed by atoms with Crippen LogP contribution in [0.15, 0.2) is 71.9 Å². The molecule has 1 saturated heterocycles. The van der Waals surface area contributed by atoms with Crippen LogP contribution in [0.4, 0.5) is 0 Å². The number of hydrogen-bond acceptors (Lipinski definition) is 3. The summed E-state index contributed by atoms with van der Waals surface area (Å²) in [5, 5.41) is 0. The van der Waals surface area contributed by atoms with Gasteiger partial charge in [0.2, 0.25) is 10.0 Å². The molecule has 156 valence electrons. The number of benzene rings is 2. The summed E-state index contributed by atoms with van der Waals surface area (Å²) < 4.78 is 29.6. The van der Waals surface area contributed by atoms with Crippen LogP contribution in [0.1, 0.15) is 21.5 Å². The first kappa shape index (κ1) is 20.4. The first-order valence-corrected chi connectivity index (χ1v) is 11.4. The molecule has 0 spiro atoms. The largest absolute Gasteiger partial charge is 0.336 e. The highest BCUT2D eigenvalue weighted by Crippen LogP contribution is 2.23. The molecule has 1 amide bonds. The zero-order valence-corrected chi connectivity index (χ0v) is 18.0. The Labute approximate surface area is 177 Å². The molecule has 2 heterocycles. The first-order chi connectivity index (χ1) is 14.4. The Bertz CT molecular complexity index is 1140. The number of aryl methyl sites for hydroxylation is 2. The van der Waals surface area contributed by atoms with E-state index in [4.69, 9.17) is 0 Å². The van der Waals surface area contributed by atoms with E-state index in [1.807, 2.05) is 79.3 Å². The Kier molecular flexibility index (Phi) is 5.49. The summed E-state index contributed by atoms with van der Waals surface area (Å²) in [6.07, 6.45) is 3.90. The molecule has 1 aliphatic heterocycles. The molecule has 4 rings (SSSR count). The van der Waals surface area contributed by atoms with E-state index >= 15 is 0 Å². The summed E-state index contributed by atoms with van der Waals surface area (Å²) in [6.45, 7) is 5.04. The van der Waals surface area contributed by atoms with Gasteiger partial charge in [-0.2, -0.15) is 4.31 Å². The van der Waals surface area contributed by atoms with E-state index in [9.17, 15) is 13.2 Å². The predicted molar refractivity (Wildman–Crippen MR) is 116 cm³/mol. The zero-order valence-electron chi connectivity index (χ0n) is 17.2. The normalized spacial score (nSPS) is 15.3. The van der Waals surface area contributed by atoms with Gasteiger partial charge in [0.05, 0.1) is 4.90 Å². The van der Waals surface area contributed by atoms with Crippen molar-refractivity contribution in [3.8, 4) is 5.69 Å². The fourth-order valence-corrected chi connectivity index (χ4v) is 5.45. The summed E-state index contributed by atoms with van der Waals surface area (Å²) in [5.74, 6) is -0.0714. The van der Waals surface area contributed by atoms with Crippen molar-refractivity contribution in [2.75, 3.05) is 26.2 Å². The quantitative estimate of drug-likeness (QED) is 0.647. The van der Waals surface area contributed by atoms with Crippen LogP contribution in [-0.2, 0) is 10.0 Å². The molecule has 0 bridgehead atoms. The SMILES string of the molecule is Cc1ccc(C)c(S(=O)(=O)N2CCN(C(=O)c3ccc(-n4cccc4)cc3)CC2)c1. The van der Waals surface area contributed by atoms with Crippen LogP contribution in [0.25, 0.3) is 5.69 Å². The standard InChI is InChI=1S/C23H25N3O3S/c1-18-5-6-19(2)22(17-18)30(28,29)26-15-13-25(14-16-26)23(27)20-7-9-21(10-8-20)24-11-3-4-12-24/h3-12,17H,13-16H2,1-2H3. The average molecular weight is 424 g/mol. The minimum absolute atomic E-state index is 0.0714. The van der Waals surface area contributed by atoms with Crippen molar-refractivity contribution in [1.29, 1.82) is 0 Å². The number of aromatic nitrogens is 1. The van der Waals surface area contributed by atoms with Crippen LogP contribution in [0.5, 0.6) is 0 Å². The molecule has 0 aliphatic carbocycles. The number of nitrogens with zero attached hydrogens (tertiary/aromatic N) is 3. The summed E-state index contributed by atoms with van der Waals surface area (Å²) in [6, 6.07) is 16.8. The lowest BCUT2D eigenvalue weighted by molar-refractivity contribution is 0.0698. The number of piperazine rings is 1. The molecule has 1 aliphatic rings. The molecule has 1 fully saturated rings. The van der Waals surface area contributed by atoms with Gasteiger partial charge in [0.15, 0.2) is 0 Å². The molecule has 0 atom stereocenters. The maximum absolute atomic E-state index is 13.1. The van der Waals surface area contributed by atoms with E-state index in [0.717, 1.165) is 16.8 Å². The van der Waals surface area contributed by atoms with E-state index in [2.05, 4.69) is 0 Å². The number of hydrogen-bond donors (Lipinski definition) is 0. The maximum Gasteiger partial charge on any atom is 0.253 e. The van der Waals surface area contributed by atoms with Gasteiger partial charge in [0.1, 0.15) is 0 Å². The van der Waals surface area contributed by atoms with Gasteiger partial charge in [0, 0.05) is 49.8 Å². The van der Waals surface area contributed by atoms with Gasteiger partial charge in [-0.25, -0.2) is 8.42 Å². The van der Waals surface area contributed by atoms with Crippen LogP contribution < -0.4 is 0 Å². The Morgan fingerprint density at radius 3 is 2.13 bits per heavy atom. The van der Waals surface area contributed by atoms with E-state index in [1.165, 1.54) is 4.31 Å². The Morgan fingerprint density at radius 2 is 1.50 bits per heavy atom. The lowest BCUT2D eigenvalue weighted by Gasteiger charge is -2.34. The van der Waals surface area contributed by atoms with Crippen LogP contribution in [-0.4, -0.2) is 54.3 Å². The van der Waals surface area contributed by atoms with Gasteiger partial charge in [-0.3, -0.25) is 4.79 Å². The molecule has 0 radical (unpaired) electrons. The zero-order chi connectivity index (χ0) is 21.3.